The predicted molar refractivity (Wildman–Crippen MR) is 130 cm³/mol. The topological polar surface area (TPSA) is 79.5 Å². The molecular weight excluding hydrogens is 410 g/mol. The predicted octanol–water partition coefficient (Wildman–Crippen LogP) is 4.94. The van der Waals surface area contributed by atoms with Crippen LogP contribution in [0.2, 0.25) is 0 Å². The number of ether oxygens (including phenoxy) is 1. The number of hydrogen-bond acceptors (Lipinski definition) is 4. The van der Waals surface area contributed by atoms with E-state index >= 15 is 0 Å². The van der Waals surface area contributed by atoms with Crippen molar-refractivity contribution in [3.05, 3.63) is 59.7 Å². The maximum atomic E-state index is 12.2. The molecule has 0 saturated heterocycles. The van der Waals surface area contributed by atoms with Gasteiger partial charge in [-0.15, -0.1) is 0 Å². The first-order valence-electron chi connectivity index (χ1n) is 10.1. The summed E-state index contributed by atoms with van der Waals surface area (Å²) >= 11 is 5.22. The van der Waals surface area contributed by atoms with Gasteiger partial charge in [0.2, 0.25) is 11.8 Å². The fraction of sp³-hybridized carbons (Fsp3) is 0.292. The maximum Gasteiger partial charge on any atom is 0.250 e. The van der Waals surface area contributed by atoms with Crippen LogP contribution in [0.15, 0.2) is 48.5 Å². The van der Waals surface area contributed by atoms with Gasteiger partial charge in [0.1, 0.15) is 5.75 Å². The van der Waals surface area contributed by atoms with Crippen molar-refractivity contribution in [3.8, 4) is 5.75 Å². The average molecular weight is 440 g/mol. The summed E-state index contributed by atoms with van der Waals surface area (Å²) in [6, 6.07) is 13.2. The Morgan fingerprint density at radius 2 is 1.68 bits per heavy atom. The van der Waals surface area contributed by atoms with Crippen LogP contribution in [0.4, 0.5) is 11.4 Å². The van der Waals surface area contributed by atoms with E-state index in [4.69, 9.17) is 17.0 Å². The molecule has 3 N–H and O–H groups in total. The molecule has 0 aliphatic carbocycles. The van der Waals surface area contributed by atoms with Crippen LogP contribution in [-0.4, -0.2) is 24.0 Å². The van der Waals surface area contributed by atoms with Crippen LogP contribution < -0.4 is 20.7 Å². The number of amides is 2. The molecule has 0 saturated carbocycles. The highest BCUT2D eigenvalue weighted by molar-refractivity contribution is 7.80. The Kier molecular flexibility index (Phi) is 8.75. The number of carbonyl (C=O) groups excluding carboxylic acids is 2. The van der Waals surface area contributed by atoms with E-state index in [2.05, 4.69) is 41.9 Å². The number of rotatable bonds is 7. The van der Waals surface area contributed by atoms with E-state index in [9.17, 15) is 9.59 Å². The van der Waals surface area contributed by atoms with Crippen molar-refractivity contribution in [2.24, 2.45) is 5.92 Å². The lowest BCUT2D eigenvalue weighted by atomic mass is 10.0. The van der Waals surface area contributed by atoms with Crippen LogP contribution in [0.25, 0.3) is 6.08 Å². The Morgan fingerprint density at radius 3 is 2.26 bits per heavy atom. The third-order valence-corrected chi connectivity index (χ3v) is 4.71. The Bertz CT molecular complexity index is 967. The summed E-state index contributed by atoms with van der Waals surface area (Å²) in [7, 11) is 1.52. The maximum absolute atomic E-state index is 12.2. The second kappa shape index (κ2) is 11.3. The van der Waals surface area contributed by atoms with Gasteiger partial charge in [0.05, 0.1) is 12.8 Å². The van der Waals surface area contributed by atoms with Crippen LogP contribution >= 0.6 is 12.2 Å². The Hall–Kier alpha value is -3.19. The van der Waals surface area contributed by atoms with Gasteiger partial charge in [-0.25, -0.2) is 0 Å². The van der Waals surface area contributed by atoms with Gasteiger partial charge in [-0.2, -0.15) is 0 Å². The highest BCUT2D eigenvalue weighted by atomic mass is 32.1. The molecule has 31 heavy (non-hydrogen) atoms. The SMILES string of the molecule is COc1cc(NC(=S)NC(=O)/C=C/c2ccc(C(C)C)cc2)ccc1NC(=O)C(C)C. The van der Waals surface area contributed by atoms with Crippen molar-refractivity contribution in [1.82, 2.24) is 5.32 Å². The first-order chi connectivity index (χ1) is 14.7. The summed E-state index contributed by atoms with van der Waals surface area (Å²) in [6.07, 6.45) is 3.17. The third-order valence-electron chi connectivity index (χ3n) is 4.51. The van der Waals surface area contributed by atoms with Crippen molar-refractivity contribution < 1.29 is 14.3 Å². The average Bonchev–Trinajstić information content (AvgIpc) is 2.73. The number of hydrogen-bond donors (Lipinski definition) is 3. The molecule has 164 valence electrons. The molecule has 0 aromatic heterocycles. The normalized spacial score (nSPS) is 10.9. The summed E-state index contributed by atoms with van der Waals surface area (Å²) < 4.78 is 5.34. The largest absolute Gasteiger partial charge is 0.494 e. The van der Waals surface area contributed by atoms with E-state index in [0.29, 0.717) is 23.0 Å². The second-order valence-electron chi connectivity index (χ2n) is 7.66. The monoisotopic (exact) mass is 439 g/mol. The van der Waals surface area contributed by atoms with E-state index in [1.807, 2.05) is 26.0 Å². The van der Waals surface area contributed by atoms with Crippen LogP contribution in [0.3, 0.4) is 0 Å². The van der Waals surface area contributed by atoms with E-state index in [-0.39, 0.29) is 22.8 Å². The van der Waals surface area contributed by atoms with Gasteiger partial charge in [-0.05, 0) is 47.5 Å². The van der Waals surface area contributed by atoms with Crippen molar-refractivity contribution in [3.63, 3.8) is 0 Å². The Balaban J connectivity index is 1.95. The minimum atomic E-state index is -0.335. The minimum Gasteiger partial charge on any atom is -0.494 e. The molecule has 0 aliphatic rings. The van der Waals surface area contributed by atoms with Crippen LogP contribution in [0.5, 0.6) is 5.75 Å². The molecule has 0 heterocycles. The molecule has 6 nitrogen and oxygen atoms in total. The quantitative estimate of drug-likeness (QED) is 0.421. The molecule has 0 aliphatic heterocycles. The molecular formula is C24H29N3O3S. The number of methoxy groups -OCH3 is 1. The number of thiocarbonyl (C=S) groups is 1. The lowest BCUT2D eigenvalue weighted by Crippen LogP contribution is -2.32. The standard InChI is InChI=1S/C24H29N3O3S/c1-15(2)18-9-6-17(7-10-18)8-13-22(28)27-24(31)25-19-11-12-20(21(14-19)30-5)26-23(29)16(3)4/h6-16H,1-5H3,(H,26,29)(H2,25,27,28,31)/b13-8+. The van der Waals surface area contributed by atoms with Crippen molar-refractivity contribution in [2.45, 2.75) is 33.6 Å². The van der Waals surface area contributed by atoms with E-state index in [1.165, 1.54) is 18.7 Å². The number of anilines is 2. The van der Waals surface area contributed by atoms with Crippen molar-refractivity contribution in [2.75, 3.05) is 17.7 Å². The molecule has 7 heteroatoms. The molecule has 2 amide bonds. The molecule has 2 rings (SSSR count). The zero-order chi connectivity index (χ0) is 23.0. The van der Waals surface area contributed by atoms with Gasteiger partial charge in [0.15, 0.2) is 5.11 Å². The highest BCUT2D eigenvalue weighted by Crippen LogP contribution is 2.28. The van der Waals surface area contributed by atoms with Gasteiger partial charge >= 0.3 is 0 Å². The smallest absolute Gasteiger partial charge is 0.250 e. The van der Waals surface area contributed by atoms with Gasteiger partial charge in [0, 0.05) is 23.7 Å². The molecule has 0 radical (unpaired) electrons. The Morgan fingerprint density at radius 1 is 1.00 bits per heavy atom. The summed E-state index contributed by atoms with van der Waals surface area (Å²) in [6.45, 7) is 7.90. The summed E-state index contributed by atoms with van der Waals surface area (Å²) in [5.41, 5.74) is 3.37. The third kappa shape index (κ3) is 7.53. The molecule has 2 aromatic carbocycles. The lowest BCUT2D eigenvalue weighted by molar-refractivity contribution is -0.119. The molecule has 0 fully saturated rings. The molecule has 0 spiro atoms. The lowest BCUT2D eigenvalue weighted by Gasteiger charge is -2.14. The van der Waals surface area contributed by atoms with Gasteiger partial charge in [0.25, 0.3) is 0 Å². The van der Waals surface area contributed by atoms with E-state index < -0.39 is 0 Å². The molecule has 2 aromatic rings. The zero-order valence-corrected chi connectivity index (χ0v) is 19.3. The van der Waals surface area contributed by atoms with Gasteiger partial charge in [-0.3, -0.25) is 14.9 Å². The van der Waals surface area contributed by atoms with Crippen molar-refractivity contribution in [1.29, 1.82) is 0 Å². The molecule has 0 atom stereocenters. The second-order valence-corrected chi connectivity index (χ2v) is 8.07. The fourth-order valence-electron chi connectivity index (χ4n) is 2.63. The van der Waals surface area contributed by atoms with Crippen molar-refractivity contribution >= 4 is 46.6 Å². The zero-order valence-electron chi connectivity index (χ0n) is 18.5. The number of nitrogens with one attached hydrogen (secondary N) is 3. The summed E-state index contributed by atoms with van der Waals surface area (Å²) in [5, 5.41) is 8.52. The fourth-order valence-corrected chi connectivity index (χ4v) is 2.85. The Labute approximate surface area is 189 Å². The van der Waals surface area contributed by atoms with E-state index in [0.717, 1.165) is 5.56 Å². The number of benzene rings is 2. The molecule has 0 bridgehead atoms. The highest BCUT2D eigenvalue weighted by Gasteiger charge is 2.12. The first kappa shape index (κ1) is 24.1. The van der Waals surface area contributed by atoms with Crippen LogP contribution in [-0.2, 0) is 9.59 Å². The minimum absolute atomic E-state index is 0.104. The number of carbonyl (C=O) groups is 2. The van der Waals surface area contributed by atoms with E-state index in [1.54, 1.807) is 24.3 Å². The van der Waals surface area contributed by atoms with Crippen LogP contribution in [0.1, 0.15) is 44.7 Å². The van der Waals surface area contributed by atoms with Gasteiger partial charge < -0.3 is 15.4 Å². The van der Waals surface area contributed by atoms with Crippen LogP contribution in [0, 0.1) is 5.92 Å². The first-order valence-corrected chi connectivity index (χ1v) is 10.5. The summed E-state index contributed by atoms with van der Waals surface area (Å²) in [4.78, 5) is 24.1. The summed E-state index contributed by atoms with van der Waals surface area (Å²) in [5.74, 6) is 0.360. The molecule has 0 unspecified atom stereocenters. The van der Waals surface area contributed by atoms with Gasteiger partial charge in [-0.1, -0.05) is 52.0 Å².